The van der Waals surface area contributed by atoms with Gasteiger partial charge in [-0.25, -0.2) is 0 Å². The normalized spacial score (nSPS) is 11.1. The lowest BCUT2D eigenvalue weighted by Gasteiger charge is -2.07. The van der Waals surface area contributed by atoms with E-state index in [0.717, 1.165) is 11.3 Å². The van der Waals surface area contributed by atoms with Crippen molar-refractivity contribution < 1.29 is 4.79 Å². The van der Waals surface area contributed by atoms with Crippen molar-refractivity contribution in [3.8, 4) is 0 Å². The lowest BCUT2D eigenvalue weighted by Crippen LogP contribution is -2.06. The molecule has 0 aliphatic carbocycles. The Labute approximate surface area is 103 Å². The first kappa shape index (κ1) is 13.3. The molecule has 16 heavy (non-hydrogen) atoms. The zero-order valence-electron chi connectivity index (χ0n) is 10.5. The van der Waals surface area contributed by atoms with Crippen molar-refractivity contribution >= 4 is 17.5 Å². The third-order valence-corrected chi connectivity index (χ3v) is 3.69. The van der Waals surface area contributed by atoms with Crippen LogP contribution in [0.2, 0.25) is 0 Å². The summed E-state index contributed by atoms with van der Waals surface area (Å²) < 4.78 is 0. The molecular formula is C14H20OS. The van der Waals surface area contributed by atoms with Crippen molar-refractivity contribution in [2.75, 3.05) is 5.75 Å². The molecule has 0 fully saturated rings. The van der Waals surface area contributed by atoms with Crippen LogP contribution in [0.15, 0.2) is 29.2 Å². The van der Waals surface area contributed by atoms with Gasteiger partial charge in [-0.2, -0.15) is 0 Å². The minimum Gasteiger partial charge on any atom is -0.294 e. The Balaban J connectivity index is 2.64. The Bertz CT molecular complexity index is 338. The first-order valence-electron chi connectivity index (χ1n) is 5.77. The van der Waals surface area contributed by atoms with Crippen LogP contribution in [0.4, 0.5) is 0 Å². The van der Waals surface area contributed by atoms with Gasteiger partial charge >= 0.3 is 0 Å². The monoisotopic (exact) mass is 236 g/mol. The number of carbonyl (C=O) groups excluding carboxylic acids is 1. The third-order valence-electron chi connectivity index (χ3n) is 2.25. The summed E-state index contributed by atoms with van der Waals surface area (Å²) in [5.41, 5.74) is 0.823. The fraction of sp³-hybridized carbons (Fsp3) is 0.500. The number of thioether (sulfide) groups is 1. The smallest absolute Gasteiger partial charge is 0.165 e. The van der Waals surface area contributed by atoms with Gasteiger partial charge in [0.2, 0.25) is 0 Å². The third kappa shape index (κ3) is 4.01. The summed E-state index contributed by atoms with van der Waals surface area (Å²) in [7, 11) is 0. The molecule has 0 N–H and O–H groups in total. The Morgan fingerprint density at radius 2 is 1.69 bits per heavy atom. The Morgan fingerprint density at radius 1 is 1.12 bits per heavy atom. The summed E-state index contributed by atoms with van der Waals surface area (Å²) in [6.45, 7) is 8.29. The molecule has 1 nitrogen and oxygen atoms in total. The van der Waals surface area contributed by atoms with Crippen LogP contribution in [0.3, 0.4) is 0 Å². The van der Waals surface area contributed by atoms with E-state index in [2.05, 4.69) is 13.8 Å². The summed E-state index contributed by atoms with van der Waals surface area (Å²) in [5, 5.41) is 0. The zero-order valence-corrected chi connectivity index (χ0v) is 11.3. The maximum Gasteiger partial charge on any atom is 0.165 e. The van der Waals surface area contributed by atoms with Crippen molar-refractivity contribution in [3.63, 3.8) is 0 Å². The van der Waals surface area contributed by atoms with Crippen molar-refractivity contribution in [3.05, 3.63) is 29.8 Å². The molecule has 1 rings (SSSR count). The van der Waals surface area contributed by atoms with Crippen molar-refractivity contribution in [2.45, 2.75) is 32.6 Å². The molecule has 2 heteroatoms. The highest BCUT2D eigenvalue weighted by Crippen LogP contribution is 2.21. The van der Waals surface area contributed by atoms with Crippen molar-refractivity contribution in [1.29, 1.82) is 0 Å². The van der Waals surface area contributed by atoms with Gasteiger partial charge < -0.3 is 0 Å². The molecule has 0 aliphatic rings. The number of benzene rings is 1. The first-order valence-corrected chi connectivity index (χ1v) is 6.76. The van der Waals surface area contributed by atoms with Gasteiger partial charge in [-0.15, -0.1) is 11.8 Å². The predicted molar refractivity (Wildman–Crippen MR) is 71.2 cm³/mol. The summed E-state index contributed by atoms with van der Waals surface area (Å²) in [6.07, 6.45) is 0. The van der Waals surface area contributed by atoms with Crippen LogP contribution in [-0.4, -0.2) is 11.5 Å². The van der Waals surface area contributed by atoms with Gasteiger partial charge in [0.05, 0.1) is 0 Å². The Kier molecular flexibility index (Phi) is 5.07. The highest BCUT2D eigenvalue weighted by atomic mass is 32.2. The molecule has 0 spiro atoms. The number of carbonyl (C=O) groups is 1. The number of ketones is 1. The molecule has 1 aromatic carbocycles. The molecule has 0 aromatic heterocycles. The van der Waals surface area contributed by atoms with Crippen LogP contribution in [-0.2, 0) is 0 Å². The van der Waals surface area contributed by atoms with Gasteiger partial charge in [0.25, 0.3) is 0 Å². The topological polar surface area (TPSA) is 17.1 Å². The van der Waals surface area contributed by atoms with Gasteiger partial charge in [0.1, 0.15) is 0 Å². The van der Waals surface area contributed by atoms with Gasteiger partial charge in [0.15, 0.2) is 5.78 Å². The molecular weight excluding hydrogens is 216 g/mol. The van der Waals surface area contributed by atoms with Crippen molar-refractivity contribution in [1.82, 2.24) is 0 Å². The molecule has 0 saturated heterocycles. The largest absolute Gasteiger partial charge is 0.294 e. The molecule has 0 radical (unpaired) electrons. The Morgan fingerprint density at radius 3 is 2.12 bits per heavy atom. The number of rotatable bonds is 5. The molecule has 0 amide bonds. The standard InChI is InChI=1S/C14H20OS/c1-10(2)9-16-13-7-5-12(6-8-13)14(15)11(3)4/h5-8,10-11H,9H2,1-4H3. The van der Waals surface area contributed by atoms with E-state index in [0.29, 0.717) is 5.92 Å². The highest BCUT2D eigenvalue weighted by Gasteiger charge is 2.09. The fourth-order valence-corrected chi connectivity index (χ4v) is 2.17. The molecule has 0 bridgehead atoms. The molecule has 0 heterocycles. The number of hydrogen-bond donors (Lipinski definition) is 0. The van der Waals surface area contributed by atoms with Crippen molar-refractivity contribution in [2.24, 2.45) is 11.8 Å². The molecule has 0 unspecified atom stereocenters. The summed E-state index contributed by atoms with van der Waals surface area (Å²) in [5.74, 6) is 2.12. The molecule has 1 aromatic rings. The predicted octanol–water partition coefficient (Wildman–Crippen LogP) is 4.27. The van der Waals surface area contributed by atoms with E-state index < -0.39 is 0 Å². The second-order valence-corrected chi connectivity index (χ2v) is 5.84. The maximum atomic E-state index is 11.7. The van der Waals surface area contributed by atoms with Gasteiger partial charge in [-0.1, -0.05) is 39.8 Å². The highest BCUT2D eigenvalue weighted by molar-refractivity contribution is 7.99. The van der Waals surface area contributed by atoms with E-state index in [1.807, 2.05) is 49.9 Å². The molecule has 88 valence electrons. The SMILES string of the molecule is CC(C)CSc1ccc(C(=O)C(C)C)cc1. The summed E-state index contributed by atoms with van der Waals surface area (Å²) in [6, 6.07) is 7.96. The number of hydrogen-bond acceptors (Lipinski definition) is 2. The number of Topliss-reactive ketones (excluding diaryl/α,β-unsaturated/α-hetero) is 1. The fourth-order valence-electron chi connectivity index (χ4n) is 1.31. The molecule has 0 atom stereocenters. The molecule has 0 aliphatic heterocycles. The van der Waals surface area contributed by atoms with E-state index in [1.54, 1.807) is 0 Å². The molecule has 0 saturated carbocycles. The van der Waals surface area contributed by atoms with E-state index in [4.69, 9.17) is 0 Å². The van der Waals surface area contributed by atoms with Crippen LogP contribution in [0.25, 0.3) is 0 Å². The Hall–Kier alpha value is -0.760. The quantitative estimate of drug-likeness (QED) is 0.561. The summed E-state index contributed by atoms with van der Waals surface area (Å²) in [4.78, 5) is 13.0. The lowest BCUT2D eigenvalue weighted by atomic mass is 10.0. The van der Waals surface area contributed by atoms with Gasteiger partial charge in [0, 0.05) is 22.1 Å². The second kappa shape index (κ2) is 6.09. The van der Waals surface area contributed by atoms with E-state index in [9.17, 15) is 4.79 Å². The summed E-state index contributed by atoms with van der Waals surface area (Å²) >= 11 is 1.85. The maximum absolute atomic E-state index is 11.7. The minimum atomic E-state index is 0.0779. The van der Waals surface area contributed by atoms with E-state index >= 15 is 0 Å². The van der Waals surface area contributed by atoms with Crippen LogP contribution >= 0.6 is 11.8 Å². The van der Waals surface area contributed by atoms with Crippen LogP contribution < -0.4 is 0 Å². The van der Waals surface area contributed by atoms with Gasteiger partial charge in [-0.3, -0.25) is 4.79 Å². The minimum absolute atomic E-state index is 0.0779. The van der Waals surface area contributed by atoms with E-state index in [1.165, 1.54) is 4.90 Å². The first-order chi connectivity index (χ1) is 7.50. The van der Waals surface area contributed by atoms with Gasteiger partial charge in [-0.05, 0) is 18.1 Å². The van der Waals surface area contributed by atoms with Crippen LogP contribution in [0.5, 0.6) is 0 Å². The average molecular weight is 236 g/mol. The second-order valence-electron chi connectivity index (χ2n) is 4.75. The van der Waals surface area contributed by atoms with Crippen LogP contribution in [0.1, 0.15) is 38.1 Å². The lowest BCUT2D eigenvalue weighted by molar-refractivity contribution is 0.0939. The average Bonchev–Trinajstić information content (AvgIpc) is 2.26. The zero-order chi connectivity index (χ0) is 12.1. The van der Waals surface area contributed by atoms with E-state index in [-0.39, 0.29) is 11.7 Å². The van der Waals surface area contributed by atoms with Crippen LogP contribution in [0, 0.1) is 11.8 Å².